The molecule has 0 saturated carbocycles. The number of hydrogen-bond acceptors (Lipinski definition) is 4. The van der Waals surface area contributed by atoms with Crippen molar-refractivity contribution in [1.82, 2.24) is 5.43 Å². The third-order valence-electron chi connectivity index (χ3n) is 3.25. The second-order valence-electron chi connectivity index (χ2n) is 5.33. The molecule has 5 nitrogen and oxygen atoms in total. The molecule has 0 heterocycles. The van der Waals surface area contributed by atoms with Crippen LogP contribution in [0.3, 0.4) is 0 Å². The van der Waals surface area contributed by atoms with Crippen molar-refractivity contribution in [2.75, 3.05) is 6.61 Å². The molecule has 0 aliphatic carbocycles. The highest BCUT2D eigenvalue weighted by atomic mass is 35.5. The largest absolute Gasteiger partial charge is 0.493 e. The molecule has 1 amide bonds. The quantitative estimate of drug-likeness (QED) is 0.570. The van der Waals surface area contributed by atoms with E-state index in [1.807, 2.05) is 31.2 Å². The van der Waals surface area contributed by atoms with Gasteiger partial charge in [0.1, 0.15) is 11.5 Å². The average Bonchev–Trinajstić information content (AvgIpc) is 2.62. The van der Waals surface area contributed by atoms with Crippen LogP contribution in [0.25, 0.3) is 0 Å². The van der Waals surface area contributed by atoms with E-state index < -0.39 is 6.10 Å². The van der Waals surface area contributed by atoms with Gasteiger partial charge >= 0.3 is 0 Å². The number of carbonyl (C=O) groups is 1. The van der Waals surface area contributed by atoms with Gasteiger partial charge in [0, 0.05) is 10.6 Å². The molecule has 0 aromatic heterocycles. The van der Waals surface area contributed by atoms with Crippen LogP contribution < -0.4 is 14.9 Å². The lowest BCUT2D eigenvalue weighted by atomic mass is 10.2. The Morgan fingerprint density at radius 3 is 2.68 bits per heavy atom. The van der Waals surface area contributed by atoms with Gasteiger partial charge in [0.25, 0.3) is 5.91 Å². The molecule has 0 aliphatic rings. The van der Waals surface area contributed by atoms with Crippen LogP contribution in [0.5, 0.6) is 11.5 Å². The minimum atomic E-state index is -0.690. The SMILES string of the molecule is CCCOc1ccccc1/C=N\NC(=O)[C@H](C)Oc1ccc(Cl)cc1. The molecule has 2 aromatic carbocycles. The third-order valence-corrected chi connectivity index (χ3v) is 3.51. The Labute approximate surface area is 152 Å². The number of hydrazone groups is 1. The van der Waals surface area contributed by atoms with Crippen molar-refractivity contribution < 1.29 is 14.3 Å². The molecule has 1 N–H and O–H groups in total. The summed E-state index contributed by atoms with van der Waals surface area (Å²) in [6.07, 6.45) is 1.78. The maximum atomic E-state index is 12.1. The van der Waals surface area contributed by atoms with Crippen molar-refractivity contribution in [2.24, 2.45) is 5.10 Å². The maximum Gasteiger partial charge on any atom is 0.280 e. The molecule has 0 aliphatic heterocycles. The van der Waals surface area contributed by atoms with Crippen LogP contribution in [-0.2, 0) is 4.79 Å². The van der Waals surface area contributed by atoms with E-state index in [4.69, 9.17) is 21.1 Å². The number of nitrogens with zero attached hydrogens (tertiary/aromatic N) is 1. The van der Waals surface area contributed by atoms with Gasteiger partial charge in [-0.15, -0.1) is 0 Å². The van der Waals surface area contributed by atoms with E-state index in [9.17, 15) is 4.79 Å². The summed E-state index contributed by atoms with van der Waals surface area (Å²) >= 11 is 5.82. The highest BCUT2D eigenvalue weighted by Gasteiger charge is 2.13. The van der Waals surface area contributed by atoms with Crippen LogP contribution >= 0.6 is 11.6 Å². The summed E-state index contributed by atoms with van der Waals surface area (Å²) < 4.78 is 11.2. The Balaban J connectivity index is 1.90. The molecule has 2 rings (SSSR count). The molecule has 1 atom stereocenters. The van der Waals surface area contributed by atoms with Gasteiger partial charge < -0.3 is 9.47 Å². The predicted molar refractivity (Wildman–Crippen MR) is 99.5 cm³/mol. The Morgan fingerprint density at radius 2 is 1.96 bits per heavy atom. The van der Waals surface area contributed by atoms with Crippen LogP contribution in [0.2, 0.25) is 5.02 Å². The van der Waals surface area contributed by atoms with Crippen LogP contribution in [0.4, 0.5) is 0 Å². The molecule has 132 valence electrons. The number of nitrogens with one attached hydrogen (secondary N) is 1. The lowest BCUT2D eigenvalue weighted by molar-refractivity contribution is -0.127. The molecule has 0 fully saturated rings. The first-order valence-electron chi connectivity index (χ1n) is 8.07. The summed E-state index contributed by atoms with van der Waals surface area (Å²) in [6.45, 7) is 4.32. The molecule has 2 aromatic rings. The number of amides is 1. The van der Waals surface area contributed by atoms with Gasteiger partial charge in [0.15, 0.2) is 6.10 Å². The fourth-order valence-electron chi connectivity index (χ4n) is 1.96. The van der Waals surface area contributed by atoms with Gasteiger partial charge in [-0.05, 0) is 49.7 Å². The molecule has 6 heteroatoms. The Hall–Kier alpha value is -2.53. The standard InChI is InChI=1S/C19H21ClN2O3/c1-3-12-24-18-7-5-4-6-15(18)13-21-22-19(23)14(2)25-17-10-8-16(20)9-11-17/h4-11,13-14H,3,12H2,1-2H3,(H,22,23)/b21-13-/t14-/m0/s1. The van der Waals surface area contributed by atoms with E-state index in [-0.39, 0.29) is 5.91 Å². The molecule has 0 saturated heterocycles. The van der Waals surface area contributed by atoms with Crippen LogP contribution in [0.15, 0.2) is 53.6 Å². The van der Waals surface area contributed by atoms with Crippen molar-refractivity contribution >= 4 is 23.7 Å². The molecule has 0 unspecified atom stereocenters. The summed E-state index contributed by atoms with van der Waals surface area (Å²) in [4.78, 5) is 12.1. The number of hydrogen-bond donors (Lipinski definition) is 1. The van der Waals surface area contributed by atoms with Gasteiger partial charge in [-0.2, -0.15) is 5.10 Å². The monoisotopic (exact) mass is 360 g/mol. The first-order valence-corrected chi connectivity index (χ1v) is 8.45. The molecule has 25 heavy (non-hydrogen) atoms. The second kappa shape index (κ2) is 9.69. The second-order valence-corrected chi connectivity index (χ2v) is 5.77. The third kappa shape index (κ3) is 6.12. The summed E-state index contributed by atoms with van der Waals surface area (Å²) in [5.74, 6) is 0.945. The number of para-hydroxylation sites is 1. The van der Waals surface area contributed by atoms with E-state index in [1.54, 1.807) is 37.4 Å². The molecule has 0 bridgehead atoms. The zero-order chi connectivity index (χ0) is 18.1. The first kappa shape index (κ1) is 18.8. The van der Waals surface area contributed by atoms with Crippen molar-refractivity contribution in [3.8, 4) is 11.5 Å². The zero-order valence-electron chi connectivity index (χ0n) is 14.2. The van der Waals surface area contributed by atoms with Gasteiger partial charge in [-0.1, -0.05) is 30.7 Å². The topological polar surface area (TPSA) is 59.9 Å². The lowest BCUT2D eigenvalue weighted by Gasteiger charge is -2.13. The lowest BCUT2D eigenvalue weighted by Crippen LogP contribution is -2.33. The molecular weight excluding hydrogens is 340 g/mol. The summed E-state index contributed by atoms with van der Waals surface area (Å²) in [7, 11) is 0. The number of ether oxygens (including phenoxy) is 2. The minimum Gasteiger partial charge on any atom is -0.493 e. The molecular formula is C19H21ClN2O3. The van der Waals surface area contributed by atoms with E-state index in [2.05, 4.69) is 10.5 Å². The minimum absolute atomic E-state index is 0.349. The summed E-state index contributed by atoms with van der Waals surface area (Å²) in [5, 5.41) is 4.59. The first-order chi connectivity index (χ1) is 12.1. The van der Waals surface area contributed by atoms with Gasteiger partial charge in [0.2, 0.25) is 0 Å². The number of halogens is 1. The fraction of sp³-hybridized carbons (Fsp3) is 0.263. The van der Waals surface area contributed by atoms with Crippen molar-refractivity contribution in [2.45, 2.75) is 26.4 Å². The van der Waals surface area contributed by atoms with Crippen molar-refractivity contribution in [3.63, 3.8) is 0 Å². The smallest absolute Gasteiger partial charge is 0.280 e. The van der Waals surface area contributed by atoms with E-state index in [1.165, 1.54) is 0 Å². The number of carbonyl (C=O) groups excluding carboxylic acids is 1. The van der Waals surface area contributed by atoms with Gasteiger partial charge in [-0.3, -0.25) is 4.79 Å². The number of benzene rings is 2. The van der Waals surface area contributed by atoms with E-state index >= 15 is 0 Å². The zero-order valence-corrected chi connectivity index (χ0v) is 15.0. The highest BCUT2D eigenvalue weighted by molar-refractivity contribution is 6.30. The Kier molecular flexibility index (Phi) is 7.29. The predicted octanol–water partition coefficient (Wildman–Crippen LogP) is 4.05. The average molecular weight is 361 g/mol. The molecule has 0 spiro atoms. The van der Waals surface area contributed by atoms with Crippen LogP contribution in [-0.4, -0.2) is 24.8 Å². The maximum absolute atomic E-state index is 12.1. The Morgan fingerprint density at radius 1 is 1.24 bits per heavy atom. The van der Waals surface area contributed by atoms with Crippen LogP contribution in [0.1, 0.15) is 25.8 Å². The van der Waals surface area contributed by atoms with E-state index in [0.717, 1.165) is 17.7 Å². The van der Waals surface area contributed by atoms with Gasteiger partial charge in [0.05, 0.1) is 12.8 Å². The normalized spacial score (nSPS) is 12.0. The van der Waals surface area contributed by atoms with Gasteiger partial charge in [-0.25, -0.2) is 5.43 Å². The summed E-state index contributed by atoms with van der Waals surface area (Å²) in [5.41, 5.74) is 3.26. The summed E-state index contributed by atoms with van der Waals surface area (Å²) in [6, 6.07) is 14.3. The Bertz CT molecular complexity index is 717. The van der Waals surface area contributed by atoms with Crippen LogP contribution in [0, 0.1) is 0 Å². The van der Waals surface area contributed by atoms with Crippen molar-refractivity contribution in [3.05, 3.63) is 59.1 Å². The highest BCUT2D eigenvalue weighted by Crippen LogP contribution is 2.17. The number of rotatable bonds is 8. The van der Waals surface area contributed by atoms with E-state index in [0.29, 0.717) is 17.4 Å². The molecule has 0 radical (unpaired) electrons. The van der Waals surface area contributed by atoms with Crippen molar-refractivity contribution in [1.29, 1.82) is 0 Å². The fourth-order valence-corrected chi connectivity index (χ4v) is 2.08.